The molecular formula is C11H10O2. The van der Waals surface area contributed by atoms with Crippen molar-refractivity contribution in [3.8, 4) is 0 Å². The second-order valence-electron chi connectivity index (χ2n) is 3.84. The lowest BCUT2D eigenvalue weighted by atomic mass is 9.95. The van der Waals surface area contributed by atoms with E-state index in [1.165, 1.54) is 0 Å². The highest BCUT2D eigenvalue weighted by Crippen LogP contribution is 2.58. The van der Waals surface area contributed by atoms with Gasteiger partial charge in [0, 0.05) is 5.92 Å². The van der Waals surface area contributed by atoms with Gasteiger partial charge in [-0.05, 0) is 12.0 Å². The molecule has 2 nitrogen and oxygen atoms in total. The van der Waals surface area contributed by atoms with E-state index in [1.54, 1.807) is 0 Å². The lowest BCUT2D eigenvalue weighted by molar-refractivity contribution is -0.142. The van der Waals surface area contributed by atoms with Gasteiger partial charge in [0.1, 0.15) is 0 Å². The van der Waals surface area contributed by atoms with Crippen molar-refractivity contribution < 1.29 is 9.53 Å². The van der Waals surface area contributed by atoms with Crippen molar-refractivity contribution in [3.05, 3.63) is 35.9 Å². The van der Waals surface area contributed by atoms with Gasteiger partial charge in [0.25, 0.3) is 0 Å². The fourth-order valence-corrected chi connectivity index (χ4v) is 2.29. The zero-order chi connectivity index (χ0) is 8.89. The molecule has 2 heteroatoms. The standard InChI is InChI=1S/C11H10O2/c12-10-11(6-9(11)7-13-10)8-4-2-1-3-5-8/h1-5,9H,6-7H2/t9-,11-/m1/s1. The Morgan fingerprint density at radius 2 is 2.08 bits per heavy atom. The molecule has 1 saturated heterocycles. The summed E-state index contributed by atoms with van der Waals surface area (Å²) in [5.74, 6) is 0.422. The fourth-order valence-electron chi connectivity index (χ4n) is 2.29. The van der Waals surface area contributed by atoms with Crippen LogP contribution in [0.1, 0.15) is 12.0 Å². The minimum absolute atomic E-state index is 0.0244. The second-order valence-corrected chi connectivity index (χ2v) is 3.84. The number of ether oxygens (including phenoxy) is 1. The van der Waals surface area contributed by atoms with Crippen LogP contribution in [0.5, 0.6) is 0 Å². The van der Waals surface area contributed by atoms with E-state index in [0.29, 0.717) is 12.5 Å². The van der Waals surface area contributed by atoms with Crippen molar-refractivity contribution in [1.29, 1.82) is 0 Å². The molecule has 1 aliphatic carbocycles. The summed E-state index contributed by atoms with van der Waals surface area (Å²) in [5, 5.41) is 0. The van der Waals surface area contributed by atoms with Crippen LogP contribution in [0.3, 0.4) is 0 Å². The Morgan fingerprint density at radius 1 is 1.31 bits per heavy atom. The predicted molar refractivity (Wildman–Crippen MR) is 47.2 cm³/mol. The third-order valence-electron chi connectivity index (χ3n) is 3.17. The normalized spacial score (nSPS) is 35.4. The highest BCUT2D eigenvalue weighted by atomic mass is 16.5. The minimum Gasteiger partial charge on any atom is -0.465 e. The van der Waals surface area contributed by atoms with E-state index in [0.717, 1.165) is 12.0 Å². The van der Waals surface area contributed by atoms with Crippen molar-refractivity contribution in [2.45, 2.75) is 11.8 Å². The van der Waals surface area contributed by atoms with Gasteiger partial charge in [0.05, 0.1) is 12.0 Å². The first-order valence-corrected chi connectivity index (χ1v) is 4.57. The van der Waals surface area contributed by atoms with Crippen LogP contribution < -0.4 is 0 Å². The number of carbonyl (C=O) groups is 1. The van der Waals surface area contributed by atoms with E-state index in [9.17, 15) is 4.79 Å². The summed E-state index contributed by atoms with van der Waals surface area (Å²) in [4.78, 5) is 11.5. The van der Waals surface area contributed by atoms with Gasteiger partial charge in [-0.3, -0.25) is 4.79 Å². The van der Waals surface area contributed by atoms with Crippen LogP contribution in [0.25, 0.3) is 0 Å². The maximum Gasteiger partial charge on any atom is 0.317 e. The van der Waals surface area contributed by atoms with Crippen molar-refractivity contribution in [2.24, 2.45) is 5.92 Å². The molecule has 1 aliphatic heterocycles. The average molecular weight is 174 g/mol. The number of esters is 1. The molecule has 66 valence electrons. The van der Waals surface area contributed by atoms with Crippen molar-refractivity contribution in [1.82, 2.24) is 0 Å². The minimum atomic E-state index is -0.249. The molecule has 1 aromatic rings. The van der Waals surface area contributed by atoms with Gasteiger partial charge in [-0.1, -0.05) is 30.3 Å². The molecule has 0 amide bonds. The number of rotatable bonds is 1. The molecule has 0 aromatic heterocycles. The van der Waals surface area contributed by atoms with Crippen LogP contribution in [-0.4, -0.2) is 12.6 Å². The summed E-state index contributed by atoms with van der Waals surface area (Å²) < 4.78 is 5.03. The van der Waals surface area contributed by atoms with Gasteiger partial charge in [0.15, 0.2) is 0 Å². The highest BCUT2D eigenvalue weighted by Gasteiger charge is 2.66. The molecule has 13 heavy (non-hydrogen) atoms. The zero-order valence-corrected chi connectivity index (χ0v) is 7.19. The first kappa shape index (κ1) is 7.13. The van der Waals surface area contributed by atoms with Crippen LogP contribution in [0.2, 0.25) is 0 Å². The summed E-state index contributed by atoms with van der Waals surface area (Å²) in [6, 6.07) is 9.97. The lowest BCUT2D eigenvalue weighted by Gasteiger charge is -2.08. The molecule has 0 bridgehead atoms. The first-order valence-electron chi connectivity index (χ1n) is 4.57. The molecule has 1 saturated carbocycles. The van der Waals surface area contributed by atoms with E-state index in [2.05, 4.69) is 0 Å². The Kier molecular flexibility index (Phi) is 1.17. The fraction of sp³-hybridized carbons (Fsp3) is 0.364. The SMILES string of the molecule is O=C1OC[C@H]2C[C@]12c1ccccc1. The largest absolute Gasteiger partial charge is 0.465 e. The smallest absolute Gasteiger partial charge is 0.317 e. The molecule has 1 aromatic carbocycles. The molecule has 2 fully saturated rings. The number of fused-ring (bicyclic) bond motifs is 1. The molecule has 2 aliphatic rings. The third-order valence-corrected chi connectivity index (χ3v) is 3.17. The number of hydrogen-bond acceptors (Lipinski definition) is 2. The van der Waals surface area contributed by atoms with E-state index >= 15 is 0 Å². The maximum absolute atomic E-state index is 11.5. The van der Waals surface area contributed by atoms with E-state index in [4.69, 9.17) is 4.74 Å². The van der Waals surface area contributed by atoms with Gasteiger partial charge in [0.2, 0.25) is 0 Å². The monoisotopic (exact) mass is 174 g/mol. The summed E-state index contributed by atoms with van der Waals surface area (Å²) in [7, 11) is 0. The summed E-state index contributed by atoms with van der Waals surface area (Å²) in [6.07, 6.45) is 0.982. The van der Waals surface area contributed by atoms with E-state index < -0.39 is 0 Å². The van der Waals surface area contributed by atoms with Crippen LogP contribution >= 0.6 is 0 Å². The van der Waals surface area contributed by atoms with Gasteiger partial charge in [-0.15, -0.1) is 0 Å². The molecular weight excluding hydrogens is 164 g/mol. The molecule has 0 radical (unpaired) electrons. The number of carbonyl (C=O) groups excluding carboxylic acids is 1. The van der Waals surface area contributed by atoms with Crippen LogP contribution in [0, 0.1) is 5.92 Å². The van der Waals surface area contributed by atoms with Crippen LogP contribution in [-0.2, 0) is 14.9 Å². The lowest BCUT2D eigenvalue weighted by Crippen LogP contribution is -2.18. The number of benzene rings is 1. The molecule has 0 spiro atoms. The third kappa shape index (κ3) is 0.755. The highest BCUT2D eigenvalue weighted by molar-refractivity contribution is 5.89. The Labute approximate surface area is 76.5 Å². The molecule has 2 atom stereocenters. The van der Waals surface area contributed by atoms with Crippen molar-refractivity contribution in [2.75, 3.05) is 6.61 Å². The van der Waals surface area contributed by atoms with Gasteiger partial charge in [-0.2, -0.15) is 0 Å². The Balaban J connectivity index is 2.07. The summed E-state index contributed by atoms with van der Waals surface area (Å²) in [5.41, 5.74) is 0.879. The summed E-state index contributed by atoms with van der Waals surface area (Å²) in [6.45, 7) is 0.619. The average Bonchev–Trinajstić information content (AvgIpc) is 2.84. The Bertz CT molecular complexity index is 358. The zero-order valence-electron chi connectivity index (χ0n) is 7.19. The molecule has 0 N–H and O–H groups in total. The van der Waals surface area contributed by atoms with Gasteiger partial charge < -0.3 is 4.74 Å². The van der Waals surface area contributed by atoms with Crippen LogP contribution in [0.15, 0.2) is 30.3 Å². The van der Waals surface area contributed by atoms with Gasteiger partial charge >= 0.3 is 5.97 Å². The molecule has 0 unspecified atom stereocenters. The quantitative estimate of drug-likeness (QED) is 0.603. The second kappa shape index (κ2) is 2.13. The van der Waals surface area contributed by atoms with Crippen molar-refractivity contribution >= 4 is 5.97 Å². The predicted octanol–water partition coefficient (Wildman–Crippen LogP) is 1.50. The Morgan fingerprint density at radius 3 is 2.62 bits per heavy atom. The summed E-state index contributed by atoms with van der Waals surface area (Å²) >= 11 is 0. The maximum atomic E-state index is 11.5. The topological polar surface area (TPSA) is 26.3 Å². The van der Waals surface area contributed by atoms with E-state index in [-0.39, 0.29) is 11.4 Å². The Hall–Kier alpha value is -1.31. The first-order chi connectivity index (χ1) is 6.34. The molecule has 1 heterocycles. The number of cyclic esters (lactones) is 1. The van der Waals surface area contributed by atoms with Gasteiger partial charge in [-0.25, -0.2) is 0 Å². The van der Waals surface area contributed by atoms with E-state index in [1.807, 2.05) is 30.3 Å². The number of hydrogen-bond donors (Lipinski definition) is 0. The van der Waals surface area contributed by atoms with Crippen LogP contribution in [0.4, 0.5) is 0 Å². The molecule has 3 rings (SSSR count). The van der Waals surface area contributed by atoms with Crippen molar-refractivity contribution in [3.63, 3.8) is 0 Å².